The van der Waals surface area contributed by atoms with E-state index >= 15 is 0 Å². The molecule has 1 saturated carbocycles. The van der Waals surface area contributed by atoms with Gasteiger partial charge in [0, 0.05) is 25.2 Å². The number of benzene rings is 1. The Balaban J connectivity index is 1.52. The maximum Gasteiger partial charge on any atom is 0.282 e. The lowest BCUT2D eigenvalue weighted by atomic mass is 9.68. The van der Waals surface area contributed by atoms with Gasteiger partial charge in [0.25, 0.3) is 10.2 Å². The first-order valence-electron chi connectivity index (χ1n) is 10.1. The minimum atomic E-state index is -3.67. The molecule has 4 rings (SSSR count). The Kier molecular flexibility index (Phi) is 5.29. The lowest BCUT2D eigenvalue weighted by Gasteiger charge is -2.44. The topological polar surface area (TPSA) is 40.6 Å². The number of piperidine rings is 1. The van der Waals surface area contributed by atoms with Crippen molar-refractivity contribution in [1.82, 2.24) is 8.61 Å². The van der Waals surface area contributed by atoms with Crippen molar-refractivity contribution in [3.05, 3.63) is 35.4 Å². The highest BCUT2D eigenvalue weighted by atomic mass is 32.2. The number of nitrogens with zero attached hydrogens (tertiary/aromatic N) is 2. The molecule has 0 N–H and O–H groups in total. The molecule has 1 aromatic carbocycles. The molecule has 3 aliphatic rings. The Morgan fingerprint density at radius 2 is 1.63 bits per heavy atom. The highest BCUT2D eigenvalue weighted by Gasteiger charge is 2.44. The van der Waals surface area contributed by atoms with Gasteiger partial charge in [-0.1, -0.05) is 19.3 Å². The molecule has 1 aliphatic carbocycles. The molecule has 150 valence electrons. The van der Waals surface area contributed by atoms with E-state index in [0.717, 1.165) is 31.0 Å². The smallest absolute Gasteiger partial charge is 0.207 e. The molecule has 7 heteroatoms. The van der Waals surface area contributed by atoms with E-state index in [-0.39, 0.29) is 5.56 Å². The Bertz CT molecular complexity index is 783. The van der Waals surface area contributed by atoms with Gasteiger partial charge in [-0.05, 0) is 62.1 Å². The Labute approximate surface area is 160 Å². The predicted octanol–water partition coefficient (Wildman–Crippen LogP) is 4.39. The molecule has 2 heterocycles. The molecule has 4 nitrogen and oxygen atoms in total. The summed E-state index contributed by atoms with van der Waals surface area (Å²) in [6.45, 7) is 1.44. The maximum atomic E-state index is 14.3. The average molecular weight is 399 g/mol. The summed E-state index contributed by atoms with van der Waals surface area (Å²) in [5.74, 6) is -1.07. The molecular formula is C20H28F2N2O2S. The van der Waals surface area contributed by atoms with Crippen LogP contribution in [0.3, 0.4) is 0 Å². The molecule has 3 fully saturated rings. The third-order valence-corrected chi connectivity index (χ3v) is 8.89. The van der Waals surface area contributed by atoms with Crippen molar-refractivity contribution in [2.75, 3.05) is 19.6 Å². The number of rotatable bonds is 3. The van der Waals surface area contributed by atoms with Gasteiger partial charge >= 0.3 is 0 Å². The summed E-state index contributed by atoms with van der Waals surface area (Å²) in [5, 5.41) is 0. The fourth-order valence-corrected chi connectivity index (χ4v) is 7.08. The van der Waals surface area contributed by atoms with Crippen molar-refractivity contribution in [1.29, 1.82) is 0 Å². The molecule has 0 bridgehead atoms. The van der Waals surface area contributed by atoms with Gasteiger partial charge in [-0.25, -0.2) is 8.78 Å². The summed E-state index contributed by atoms with van der Waals surface area (Å²) in [7, 11) is -3.67. The van der Waals surface area contributed by atoms with E-state index in [1.165, 1.54) is 36.4 Å². The van der Waals surface area contributed by atoms with Crippen molar-refractivity contribution in [3.63, 3.8) is 0 Å². The van der Waals surface area contributed by atoms with Crippen molar-refractivity contribution in [3.8, 4) is 0 Å². The summed E-state index contributed by atoms with van der Waals surface area (Å²) >= 11 is 0. The molecule has 1 unspecified atom stereocenters. The fraction of sp³-hybridized carbons (Fsp3) is 0.700. The van der Waals surface area contributed by atoms with Gasteiger partial charge in [0.15, 0.2) is 0 Å². The number of halogens is 2. The average Bonchev–Trinajstić information content (AvgIpc) is 3.15. The van der Waals surface area contributed by atoms with Crippen LogP contribution in [0.2, 0.25) is 0 Å². The van der Waals surface area contributed by atoms with Crippen molar-refractivity contribution in [2.45, 2.75) is 63.8 Å². The van der Waals surface area contributed by atoms with Crippen LogP contribution in [0, 0.1) is 17.0 Å². The minimum Gasteiger partial charge on any atom is -0.207 e. The zero-order chi connectivity index (χ0) is 19.1. The van der Waals surface area contributed by atoms with E-state index in [9.17, 15) is 17.2 Å². The van der Waals surface area contributed by atoms with Crippen molar-refractivity contribution in [2.24, 2.45) is 5.41 Å². The molecule has 1 atom stereocenters. The molecule has 2 saturated heterocycles. The second-order valence-corrected chi connectivity index (χ2v) is 10.3. The molecule has 0 aromatic heterocycles. The summed E-state index contributed by atoms with van der Waals surface area (Å²) in [5.41, 5.74) is 0.473. The standard InChI is InChI=1S/C20H28F2N2O2S/c21-16-6-7-18(22)17(15-16)19-5-4-12-24(19)27(25,26)23-13-10-20(11-14-23)8-2-1-3-9-20/h6-7,15,19H,1-5,8-14H2. The first-order valence-corrected chi connectivity index (χ1v) is 11.5. The second kappa shape index (κ2) is 7.41. The molecular weight excluding hydrogens is 370 g/mol. The summed E-state index contributed by atoms with van der Waals surface area (Å²) in [6.07, 6.45) is 9.23. The number of hydrogen-bond donors (Lipinski definition) is 0. The summed E-state index contributed by atoms with van der Waals surface area (Å²) < 4.78 is 57.4. The largest absolute Gasteiger partial charge is 0.282 e. The van der Waals surface area contributed by atoms with E-state index < -0.39 is 27.9 Å². The molecule has 1 aromatic rings. The third kappa shape index (κ3) is 3.66. The lowest BCUT2D eigenvalue weighted by molar-refractivity contribution is 0.0990. The number of hydrogen-bond acceptors (Lipinski definition) is 2. The molecule has 27 heavy (non-hydrogen) atoms. The highest BCUT2D eigenvalue weighted by Crippen LogP contribution is 2.46. The van der Waals surface area contributed by atoms with Gasteiger partial charge < -0.3 is 0 Å². The first-order chi connectivity index (χ1) is 12.9. The van der Waals surface area contributed by atoms with E-state index in [2.05, 4.69) is 0 Å². The van der Waals surface area contributed by atoms with Gasteiger partial charge in [0.05, 0.1) is 6.04 Å². The maximum absolute atomic E-state index is 14.3. The van der Waals surface area contributed by atoms with Crippen LogP contribution in [-0.2, 0) is 10.2 Å². The van der Waals surface area contributed by atoms with Crippen LogP contribution in [0.4, 0.5) is 8.78 Å². The van der Waals surface area contributed by atoms with Crippen LogP contribution in [-0.4, -0.2) is 36.7 Å². The molecule has 2 aliphatic heterocycles. The highest BCUT2D eigenvalue weighted by molar-refractivity contribution is 7.86. The Morgan fingerprint density at radius 1 is 0.926 bits per heavy atom. The van der Waals surface area contributed by atoms with Crippen LogP contribution in [0.5, 0.6) is 0 Å². The van der Waals surface area contributed by atoms with Crippen LogP contribution >= 0.6 is 0 Å². The van der Waals surface area contributed by atoms with Crippen LogP contribution in [0.25, 0.3) is 0 Å². The van der Waals surface area contributed by atoms with E-state index in [1.807, 2.05) is 0 Å². The van der Waals surface area contributed by atoms with Gasteiger partial charge in [-0.15, -0.1) is 0 Å². The monoisotopic (exact) mass is 398 g/mol. The van der Waals surface area contributed by atoms with Crippen LogP contribution < -0.4 is 0 Å². The summed E-state index contributed by atoms with van der Waals surface area (Å²) in [4.78, 5) is 0. The molecule has 1 spiro atoms. The van der Waals surface area contributed by atoms with Gasteiger partial charge in [0.2, 0.25) is 0 Å². The normalized spacial score (nSPS) is 27.3. The van der Waals surface area contributed by atoms with E-state index in [0.29, 0.717) is 37.9 Å². The first kappa shape index (κ1) is 19.3. The zero-order valence-electron chi connectivity index (χ0n) is 15.7. The van der Waals surface area contributed by atoms with Crippen molar-refractivity contribution < 1.29 is 17.2 Å². The Hall–Kier alpha value is -1.05. The SMILES string of the molecule is O=S(=O)(N1CCC2(CCCCC2)CC1)N1CCCC1c1cc(F)ccc1F. The Morgan fingerprint density at radius 3 is 2.33 bits per heavy atom. The summed E-state index contributed by atoms with van der Waals surface area (Å²) in [6, 6.07) is 2.68. The van der Waals surface area contributed by atoms with Gasteiger partial charge in [-0.2, -0.15) is 17.0 Å². The van der Waals surface area contributed by atoms with Crippen molar-refractivity contribution >= 4 is 10.2 Å². The van der Waals surface area contributed by atoms with Crippen LogP contribution in [0.1, 0.15) is 69.4 Å². The van der Waals surface area contributed by atoms with Gasteiger partial charge in [-0.3, -0.25) is 0 Å². The zero-order valence-corrected chi connectivity index (χ0v) is 16.5. The predicted molar refractivity (Wildman–Crippen MR) is 100 cm³/mol. The van der Waals surface area contributed by atoms with Crippen LogP contribution in [0.15, 0.2) is 18.2 Å². The fourth-order valence-electron chi connectivity index (χ4n) is 5.24. The van der Waals surface area contributed by atoms with E-state index in [1.54, 1.807) is 4.31 Å². The quantitative estimate of drug-likeness (QED) is 0.758. The minimum absolute atomic E-state index is 0.150. The molecule has 0 radical (unpaired) electrons. The lowest BCUT2D eigenvalue weighted by Crippen LogP contribution is -2.49. The van der Waals surface area contributed by atoms with E-state index in [4.69, 9.17) is 0 Å². The van der Waals surface area contributed by atoms with Gasteiger partial charge in [0.1, 0.15) is 11.6 Å². The second-order valence-electron chi connectivity index (χ2n) is 8.40. The molecule has 0 amide bonds. The third-order valence-electron chi connectivity index (χ3n) is 6.84.